The fourth-order valence-electron chi connectivity index (χ4n) is 9.26. The van der Waals surface area contributed by atoms with E-state index in [1.54, 1.807) is 72.1 Å². The van der Waals surface area contributed by atoms with E-state index in [-0.39, 0.29) is 61.9 Å². The summed E-state index contributed by atoms with van der Waals surface area (Å²) in [5, 5.41) is 50.5. The quantitative estimate of drug-likeness (QED) is 0.0943. The van der Waals surface area contributed by atoms with Gasteiger partial charge in [0, 0.05) is 78.8 Å². The predicted molar refractivity (Wildman–Crippen MR) is 253 cm³/mol. The number of methoxy groups -OCH3 is 1. The van der Waals surface area contributed by atoms with Crippen molar-refractivity contribution in [3.8, 4) is 17.2 Å². The number of aromatic nitrogens is 1. The van der Waals surface area contributed by atoms with Crippen LogP contribution < -0.4 is 10.1 Å². The summed E-state index contributed by atoms with van der Waals surface area (Å²) in [6.07, 6.45) is 3.58. The lowest BCUT2D eigenvalue weighted by Gasteiger charge is -2.38. The van der Waals surface area contributed by atoms with E-state index in [1.807, 2.05) is 30.3 Å². The smallest absolute Gasteiger partial charge is 0.341 e. The molecule has 0 radical (unpaired) electrons. The predicted octanol–water partition coefficient (Wildman–Crippen LogP) is 8.32. The molecule has 0 fully saturated rings. The standard InChI is InChI=1S/C52H64N2O13/c1-25-18-17-19-26(2)49(61)53-40-37-35(50(62)67-51(9,10)11)31(7)54(24-33-20-15-14-16-21-33)41(37)36-38(45(40)59)44(58)30(6)47-39(36)48(60)52(12,66-47)64-23-22-34(63-13)27(3)46(65-32(8)55)29(5)43(57)28(4)42(25)56/h14-23,25,27-29,34,42-43,46,56-59H,24H2,1-13H3,(H,53,61). The van der Waals surface area contributed by atoms with Gasteiger partial charge in [0.05, 0.1) is 52.3 Å². The number of phenols is 2. The second kappa shape index (κ2) is 19.2. The first-order chi connectivity index (χ1) is 31.3. The van der Waals surface area contributed by atoms with Crippen LogP contribution in [-0.4, -0.2) is 91.5 Å². The first-order valence-electron chi connectivity index (χ1n) is 22.5. The highest BCUT2D eigenvalue weighted by molar-refractivity contribution is 6.31. The molecule has 5 N–H and O–H groups in total. The van der Waals surface area contributed by atoms with Crippen molar-refractivity contribution >= 4 is 51.0 Å². The van der Waals surface area contributed by atoms with Gasteiger partial charge in [-0.15, -0.1) is 0 Å². The molecule has 4 aromatic rings. The third-order valence-corrected chi connectivity index (χ3v) is 13.1. The van der Waals surface area contributed by atoms with Gasteiger partial charge in [0.1, 0.15) is 23.2 Å². The molecule has 3 aromatic carbocycles. The molecule has 67 heavy (non-hydrogen) atoms. The molecule has 6 rings (SSSR count). The number of phenolic OH excluding ortho intramolecular Hbond substituents is 2. The second-order valence-electron chi connectivity index (χ2n) is 19.1. The van der Waals surface area contributed by atoms with E-state index in [2.05, 4.69) is 5.32 Å². The number of aromatic hydroxyl groups is 2. The molecule has 1 aromatic heterocycles. The molecular weight excluding hydrogens is 861 g/mol. The molecule has 0 saturated heterocycles. The highest BCUT2D eigenvalue weighted by Gasteiger charge is 2.50. The van der Waals surface area contributed by atoms with Crippen molar-refractivity contribution in [1.29, 1.82) is 0 Å². The number of anilines is 1. The van der Waals surface area contributed by atoms with Gasteiger partial charge in [-0.25, -0.2) is 4.79 Å². The zero-order chi connectivity index (χ0) is 49.6. The van der Waals surface area contributed by atoms with Gasteiger partial charge in [-0.05, 0) is 53.2 Å². The summed E-state index contributed by atoms with van der Waals surface area (Å²) in [5.41, 5.74) is 0.380. The number of allylic oxidation sites excluding steroid dienone is 2. The van der Waals surface area contributed by atoms with Crippen molar-refractivity contribution in [1.82, 2.24) is 4.57 Å². The summed E-state index contributed by atoms with van der Waals surface area (Å²) in [5.74, 6) is -8.49. The van der Waals surface area contributed by atoms with Crippen molar-refractivity contribution in [3.05, 3.63) is 94.4 Å². The molecule has 15 nitrogen and oxygen atoms in total. The number of aliphatic hydroxyl groups excluding tert-OH is 2. The second-order valence-corrected chi connectivity index (χ2v) is 19.1. The van der Waals surface area contributed by atoms with Crippen LogP contribution in [0.3, 0.4) is 0 Å². The minimum Gasteiger partial charge on any atom is -0.507 e. The molecule has 4 bridgehead atoms. The monoisotopic (exact) mass is 924 g/mol. The molecule has 360 valence electrons. The number of hydrogen-bond acceptors (Lipinski definition) is 13. The van der Waals surface area contributed by atoms with Gasteiger partial charge >= 0.3 is 17.7 Å². The maximum atomic E-state index is 15.1. The number of hydrogen-bond donors (Lipinski definition) is 5. The highest BCUT2D eigenvalue weighted by atomic mass is 16.7. The van der Waals surface area contributed by atoms with Crippen LogP contribution in [0, 0.1) is 37.5 Å². The normalized spacial score (nSPS) is 26.3. The van der Waals surface area contributed by atoms with Crippen molar-refractivity contribution in [2.24, 2.45) is 23.7 Å². The number of nitrogens with zero attached hydrogens (tertiary/aromatic N) is 1. The molecule has 0 aliphatic carbocycles. The van der Waals surface area contributed by atoms with Crippen LogP contribution in [0.2, 0.25) is 0 Å². The Hall–Kier alpha value is -6.16. The maximum Gasteiger partial charge on any atom is 0.341 e. The Morgan fingerprint density at radius 1 is 0.896 bits per heavy atom. The van der Waals surface area contributed by atoms with Crippen LogP contribution in [0.4, 0.5) is 5.69 Å². The van der Waals surface area contributed by atoms with Crippen LogP contribution in [0.5, 0.6) is 17.2 Å². The van der Waals surface area contributed by atoms with Crippen molar-refractivity contribution in [2.75, 3.05) is 12.4 Å². The molecule has 9 unspecified atom stereocenters. The van der Waals surface area contributed by atoms with E-state index >= 15 is 4.79 Å². The number of nitrogens with one attached hydrogen (secondary N) is 1. The number of aliphatic hydroxyl groups is 2. The number of carbonyl (C=O) groups is 4. The summed E-state index contributed by atoms with van der Waals surface area (Å²) in [7, 11) is 1.45. The third kappa shape index (κ3) is 9.54. The number of fused-ring (bicyclic) bond motifs is 1. The van der Waals surface area contributed by atoms with E-state index in [0.29, 0.717) is 5.69 Å². The molecule has 15 heteroatoms. The average molecular weight is 925 g/mol. The van der Waals surface area contributed by atoms with Crippen molar-refractivity contribution < 1.29 is 63.3 Å². The Morgan fingerprint density at radius 2 is 1.55 bits per heavy atom. The third-order valence-electron chi connectivity index (χ3n) is 13.1. The molecule has 2 aliphatic rings. The molecular formula is C52H64N2O13. The van der Waals surface area contributed by atoms with E-state index < -0.39 is 94.6 Å². The van der Waals surface area contributed by atoms with Gasteiger partial charge in [-0.3, -0.25) is 14.4 Å². The van der Waals surface area contributed by atoms with Gasteiger partial charge in [0.15, 0.2) is 5.75 Å². The first-order valence-corrected chi connectivity index (χ1v) is 22.5. The Kier molecular flexibility index (Phi) is 14.4. The molecule has 9 atom stereocenters. The van der Waals surface area contributed by atoms with Crippen LogP contribution in [0.15, 0.2) is 66.5 Å². The van der Waals surface area contributed by atoms with Gasteiger partial charge in [-0.2, -0.15) is 0 Å². The summed E-state index contributed by atoms with van der Waals surface area (Å²) in [6.45, 7) is 19.6. The number of Topliss-reactive ketones (excluding diaryl/α,β-unsaturated/α-hetero) is 1. The molecule has 2 aliphatic heterocycles. The van der Waals surface area contributed by atoms with Gasteiger partial charge in [-0.1, -0.05) is 76.3 Å². The lowest BCUT2D eigenvalue weighted by atomic mass is 9.78. The largest absolute Gasteiger partial charge is 0.507 e. The number of amides is 1. The van der Waals surface area contributed by atoms with Crippen LogP contribution in [0.25, 0.3) is 21.7 Å². The lowest BCUT2D eigenvalue weighted by molar-refractivity contribution is -0.160. The van der Waals surface area contributed by atoms with E-state index in [4.69, 9.17) is 23.7 Å². The molecule has 0 saturated carbocycles. The topological polar surface area (TPSA) is 212 Å². The summed E-state index contributed by atoms with van der Waals surface area (Å²) >= 11 is 0. The number of esters is 2. The Morgan fingerprint density at radius 3 is 2.16 bits per heavy atom. The number of carbonyl (C=O) groups excluding carboxylic acids is 4. The summed E-state index contributed by atoms with van der Waals surface area (Å²) < 4.78 is 31.9. The highest BCUT2D eigenvalue weighted by Crippen LogP contribution is 2.55. The minimum atomic E-state index is -2.06. The first kappa shape index (κ1) is 50.3. The number of ether oxygens (including phenoxy) is 5. The zero-order valence-corrected chi connectivity index (χ0v) is 40.5. The lowest BCUT2D eigenvalue weighted by Crippen LogP contribution is -2.46. The molecule has 3 heterocycles. The van der Waals surface area contributed by atoms with Gasteiger partial charge in [0.2, 0.25) is 0 Å². The van der Waals surface area contributed by atoms with Crippen molar-refractivity contribution in [2.45, 2.75) is 125 Å². The van der Waals surface area contributed by atoms with E-state index in [1.165, 1.54) is 53.2 Å². The Bertz CT molecular complexity index is 2690. The zero-order valence-electron chi connectivity index (χ0n) is 40.5. The maximum absolute atomic E-state index is 15.1. The van der Waals surface area contributed by atoms with E-state index in [0.717, 1.165) is 5.56 Å². The van der Waals surface area contributed by atoms with E-state index in [9.17, 15) is 34.8 Å². The molecule has 1 amide bonds. The average Bonchev–Trinajstić information content (AvgIpc) is 3.70. The van der Waals surface area contributed by atoms with Crippen LogP contribution in [-0.2, 0) is 35.1 Å². The minimum absolute atomic E-state index is 0.00123. The molecule has 0 spiro atoms. The Balaban J connectivity index is 1.69. The van der Waals surface area contributed by atoms with Crippen LogP contribution >= 0.6 is 0 Å². The number of ketones is 1. The van der Waals surface area contributed by atoms with Gasteiger partial charge in [0.25, 0.3) is 11.7 Å². The van der Waals surface area contributed by atoms with Crippen LogP contribution in [0.1, 0.15) is 107 Å². The Labute approximate surface area is 391 Å². The SMILES string of the molecule is COC1C=COC2(C)Oc3c(C)c(O)c4c(O)c(c5c(C(=O)OC(C)(C)C)c(C)n(Cc6ccccc6)c5c4c3C2=O)NC(=O)C(C)=CC=CC(C)C(O)C(C)C(O)C(C)C(OC(C)=O)C1C. The fraction of sp³-hybridized carbons (Fsp3) is 0.462. The van der Waals surface area contributed by atoms with Gasteiger partial charge < -0.3 is 54.0 Å². The van der Waals surface area contributed by atoms with Crippen molar-refractivity contribution in [3.63, 3.8) is 0 Å². The summed E-state index contributed by atoms with van der Waals surface area (Å²) in [4.78, 5) is 56.4. The number of rotatable bonds is 5. The number of benzene rings is 3. The summed E-state index contributed by atoms with van der Waals surface area (Å²) in [6, 6.07) is 9.34. The fourth-order valence-corrected chi connectivity index (χ4v) is 9.26.